The maximum Gasteiger partial charge on any atom is 0.232 e. The van der Waals surface area contributed by atoms with Crippen LogP contribution in [0.15, 0.2) is 48.5 Å². The van der Waals surface area contributed by atoms with Crippen molar-refractivity contribution in [1.82, 2.24) is 15.1 Å². The van der Waals surface area contributed by atoms with Gasteiger partial charge in [-0.05, 0) is 75.9 Å². The summed E-state index contributed by atoms with van der Waals surface area (Å²) in [6.07, 6.45) is 1.78. The lowest BCUT2D eigenvalue weighted by molar-refractivity contribution is -0.137. The minimum absolute atomic E-state index is 0.185. The Kier molecular flexibility index (Phi) is 7.58. The van der Waals surface area contributed by atoms with Gasteiger partial charge in [-0.25, -0.2) is 4.39 Å². The summed E-state index contributed by atoms with van der Waals surface area (Å²) >= 11 is 0. The van der Waals surface area contributed by atoms with E-state index in [1.54, 1.807) is 12.1 Å². The Hall–Kier alpha value is -2.44. The monoisotopic (exact) mass is 466 g/mol. The molecule has 2 saturated heterocycles. The molecule has 0 unspecified atom stereocenters. The fourth-order valence-corrected chi connectivity index (χ4v) is 5.38. The molecule has 0 bridgehead atoms. The van der Waals surface area contributed by atoms with Crippen molar-refractivity contribution in [2.75, 3.05) is 31.5 Å². The number of anilines is 1. The lowest BCUT2D eigenvalue weighted by atomic mass is 9.82. The number of hydrogen-bond acceptors (Lipinski definition) is 4. The van der Waals surface area contributed by atoms with Crippen molar-refractivity contribution in [3.8, 4) is 0 Å². The molecule has 2 aromatic carbocycles. The van der Waals surface area contributed by atoms with Crippen LogP contribution in [0.3, 0.4) is 0 Å². The maximum absolute atomic E-state index is 13.4. The summed E-state index contributed by atoms with van der Waals surface area (Å²) in [5, 5.41) is 7.05. The zero-order valence-corrected chi connectivity index (χ0v) is 21.0. The first-order valence-electron chi connectivity index (χ1n) is 12.6. The molecule has 0 saturated carbocycles. The van der Waals surface area contributed by atoms with E-state index in [-0.39, 0.29) is 11.7 Å². The number of nitrogens with one attached hydrogen (secondary N) is 2. The predicted molar refractivity (Wildman–Crippen MR) is 136 cm³/mol. The van der Waals surface area contributed by atoms with Crippen molar-refractivity contribution in [2.24, 2.45) is 0 Å². The van der Waals surface area contributed by atoms with E-state index in [2.05, 4.69) is 53.6 Å². The van der Waals surface area contributed by atoms with Gasteiger partial charge in [0, 0.05) is 56.5 Å². The second kappa shape index (κ2) is 10.4. The fraction of sp³-hybridized carbons (Fsp3) is 0.536. The summed E-state index contributed by atoms with van der Waals surface area (Å²) in [5.41, 5.74) is 2.72. The molecule has 184 valence electrons. The largest absolute Gasteiger partial charge is 0.382 e. The number of piperazine rings is 1. The van der Waals surface area contributed by atoms with Crippen molar-refractivity contribution < 1.29 is 9.18 Å². The van der Waals surface area contributed by atoms with Gasteiger partial charge in [0.1, 0.15) is 5.82 Å². The molecule has 0 aromatic heterocycles. The number of likely N-dealkylation sites (tertiary alicyclic amines) is 1. The van der Waals surface area contributed by atoms with Crippen molar-refractivity contribution in [3.63, 3.8) is 0 Å². The van der Waals surface area contributed by atoms with Crippen LogP contribution < -0.4 is 10.6 Å². The van der Waals surface area contributed by atoms with Crippen molar-refractivity contribution in [3.05, 3.63) is 65.5 Å². The Morgan fingerprint density at radius 1 is 1.00 bits per heavy atom. The van der Waals surface area contributed by atoms with E-state index in [0.29, 0.717) is 18.1 Å². The first-order valence-corrected chi connectivity index (χ1v) is 12.6. The second-order valence-corrected chi connectivity index (χ2v) is 10.7. The molecular weight excluding hydrogens is 427 g/mol. The van der Waals surface area contributed by atoms with E-state index in [1.807, 2.05) is 18.7 Å². The number of piperidine rings is 1. The minimum Gasteiger partial charge on any atom is -0.382 e. The van der Waals surface area contributed by atoms with Crippen LogP contribution in [-0.2, 0) is 16.8 Å². The molecule has 2 aromatic rings. The van der Waals surface area contributed by atoms with Gasteiger partial charge in [-0.3, -0.25) is 9.69 Å². The topological polar surface area (TPSA) is 47.6 Å². The molecule has 2 heterocycles. The zero-order chi connectivity index (χ0) is 24.3. The quantitative estimate of drug-likeness (QED) is 0.663. The number of halogens is 1. The SMILES string of the molecule is C[C@@H]1CN(Cc2ccc(C(C)(C)C(=O)N3CCC(Nc4ccc(F)cc4)CC3)cc2)C[C@H](C)N1. The Bertz CT molecular complexity index is 941. The van der Waals surface area contributed by atoms with E-state index in [9.17, 15) is 9.18 Å². The zero-order valence-electron chi connectivity index (χ0n) is 21.0. The lowest BCUT2D eigenvalue weighted by Crippen LogP contribution is -2.53. The number of hydrogen-bond donors (Lipinski definition) is 2. The van der Waals surface area contributed by atoms with Gasteiger partial charge < -0.3 is 15.5 Å². The third kappa shape index (κ3) is 5.97. The second-order valence-electron chi connectivity index (χ2n) is 10.7. The average molecular weight is 467 g/mol. The van der Waals surface area contributed by atoms with Gasteiger partial charge in [0.05, 0.1) is 5.41 Å². The number of nitrogens with zero attached hydrogens (tertiary/aromatic N) is 2. The number of amides is 1. The Morgan fingerprint density at radius 3 is 2.18 bits per heavy atom. The molecule has 2 fully saturated rings. The average Bonchev–Trinajstić information content (AvgIpc) is 2.80. The van der Waals surface area contributed by atoms with Gasteiger partial charge in [-0.15, -0.1) is 0 Å². The molecule has 2 aliphatic rings. The van der Waals surface area contributed by atoms with Crippen molar-refractivity contribution >= 4 is 11.6 Å². The summed E-state index contributed by atoms with van der Waals surface area (Å²) in [4.78, 5) is 17.9. The van der Waals surface area contributed by atoms with Crippen LogP contribution in [0.4, 0.5) is 10.1 Å². The van der Waals surface area contributed by atoms with Gasteiger partial charge in [-0.2, -0.15) is 0 Å². The van der Waals surface area contributed by atoms with E-state index >= 15 is 0 Å². The molecule has 0 spiro atoms. The van der Waals surface area contributed by atoms with E-state index in [1.165, 1.54) is 17.7 Å². The summed E-state index contributed by atoms with van der Waals surface area (Å²) in [6.45, 7) is 13.1. The highest BCUT2D eigenvalue weighted by molar-refractivity contribution is 5.87. The highest BCUT2D eigenvalue weighted by Gasteiger charge is 2.35. The first kappa shape index (κ1) is 24.7. The third-order valence-electron chi connectivity index (χ3n) is 7.25. The highest BCUT2D eigenvalue weighted by Crippen LogP contribution is 2.28. The number of carbonyl (C=O) groups is 1. The summed E-state index contributed by atoms with van der Waals surface area (Å²) in [6, 6.07) is 16.4. The van der Waals surface area contributed by atoms with E-state index in [4.69, 9.17) is 0 Å². The van der Waals surface area contributed by atoms with Crippen LogP contribution >= 0.6 is 0 Å². The van der Waals surface area contributed by atoms with Crippen molar-refractivity contribution in [1.29, 1.82) is 0 Å². The molecule has 2 N–H and O–H groups in total. The van der Waals surface area contributed by atoms with Crippen LogP contribution in [0.25, 0.3) is 0 Å². The van der Waals surface area contributed by atoms with Crippen molar-refractivity contribution in [2.45, 2.75) is 70.6 Å². The summed E-state index contributed by atoms with van der Waals surface area (Å²) < 4.78 is 13.1. The minimum atomic E-state index is -0.562. The molecule has 2 atom stereocenters. The molecule has 2 aliphatic heterocycles. The molecule has 1 amide bonds. The maximum atomic E-state index is 13.4. The molecule has 4 rings (SSSR count). The molecule has 5 nitrogen and oxygen atoms in total. The Morgan fingerprint density at radius 2 is 1.59 bits per heavy atom. The van der Waals surface area contributed by atoms with Gasteiger partial charge in [0.2, 0.25) is 5.91 Å². The molecule has 6 heteroatoms. The fourth-order valence-electron chi connectivity index (χ4n) is 5.38. The number of benzene rings is 2. The van der Waals surface area contributed by atoms with E-state index < -0.39 is 5.41 Å². The van der Waals surface area contributed by atoms with Gasteiger partial charge in [0.25, 0.3) is 0 Å². The van der Waals surface area contributed by atoms with Gasteiger partial charge >= 0.3 is 0 Å². The standard InChI is InChI=1S/C28H39FN4O/c1-20-17-32(18-21(2)30-20)19-22-5-7-23(8-6-22)28(3,4)27(34)33-15-13-26(14-16-33)31-25-11-9-24(29)10-12-25/h5-12,20-21,26,30-31H,13-19H2,1-4H3/t20-,21+. The Labute approximate surface area is 203 Å². The lowest BCUT2D eigenvalue weighted by Gasteiger charge is -2.38. The first-order chi connectivity index (χ1) is 16.2. The van der Waals surface area contributed by atoms with Crippen LogP contribution in [-0.4, -0.2) is 60.0 Å². The van der Waals surface area contributed by atoms with Crippen LogP contribution in [0.1, 0.15) is 51.7 Å². The molecule has 34 heavy (non-hydrogen) atoms. The summed E-state index contributed by atoms with van der Waals surface area (Å²) in [7, 11) is 0. The third-order valence-corrected chi connectivity index (χ3v) is 7.25. The molecule has 0 aliphatic carbocycles. The number of carbonyl (C=O) groups excluding carboxylic acids is 1. The van der Waals surface area contributed by atoms with Crippen LogP contribution in [0.2, 0.25) is 0 Å². The Balaban J connectivity index is 1.31. The predicted octanol–water partition coefficient (Wildman–Crippen LogP) is 4.39. The normalized spacial score (nSPS) is 22.6. The smallest absolute Gasteiger partial charge is 0.232 e. The van der Waals surface area contributed by atoms with Crippen LogP contribution in [0.5, 0.6) is 0 Å². The van der Waals surface area contributed by atoms with E-state index in [0.717, 1.165) is 56.8 Å². The highest BCUT2D eigenvalue weighted by atomic mass is 19.1. The van der Waals surface area contributed by atoms with Crippen LogP contribution in [0, 0.1) is 5.82 Å². The summed E-state index contributed by atoms with van der Waals surface area (Å²) in [5.74, 6) is -0.0422. The molecular formula is C28H39FN4O. The van der Waals surface area contributed by atoms with Gasteiger partial charge in [-0.1, -0.05) is 24.3 Å². The van der Waals surface area contributed by atoms with Gasteiger partial charge in [0.15, 0.2) is 0 Å². The molecule has 0 radical (unpaired) electrons. The number of rotatable bonds is 6.